The Morgan fingerprint density at radius 1 is 0.891 bits per heavy atom. The van der Waals surface area contributed by atoms with Crippen LogP contribution < -0.4 is 11.0 Å². The van der Waals surface area contributed by atoms with Gasteiger partial charge in [0.1, 0.15) is 12.4 Å². The standard InChI is InChI=1S/C42H56N8O5/c1-46-37-27-29(10-13-35(37)50(42(46)54)36-14-15-38(51)45-41(36)53)6-4-2-3-5-7-39(52)48-22-20-47(21-23-48)32-11-8-30(9-12-32)26-34-40-33(31-17-24-55-25-18-31)16-19-49(40)44-28-43-34/h10,13,16,19,27-28,30-32,36H,2-9,11-12,14-15,17-18,20-26H2,1H3,(H,45,51,53). The average Bonchev–Trinajstić information content (AvgIpc) is 3.75. The van der Waals surface area contributed by atoms with E-state index in [0.717, 1.165) is 102 Å². The van der Waals surface area contributed by atoms with Crippen LogP contribution >= 0.6 is 0 Å². The molecule has 0 bridgehead atoms. The van der Waals surface area contributed by atoms with Crippen molar-refractivity contribution in [1.82, 2.24) is 38.8 Å². The molecule has 1 saturated carbocycles. The Kier molecular flexibility index (Phi) is 11.5. The van der Waals surface area contributed by atoms with Crippen molar-refractivity contribution >= 4 is 34.3 Å². The Morgan fingerprint density at radius 2 is 1.67 bits per heavy atom. The maximum Gasteiger partial charge on any atom is 0.329 e. The number of aromatic nitrogens is 5. The van der Waals surface area contributed by atoms with Crippen molar-refractivity contribution in [1.29, 1.82) is 0 Å². The molecule has 1 N–H and O–H groups in total. The van der Waals surface area contributed by atoms with Crippen LogP contribution in [0.25, 0.3) is 16.6 Å². The number of aryl methyl sites for hydroxylation is 2. The van der Waals surface area contributed by atoms with Gasteiger partial charge >= 0.3 is 5.69 Å². The number of carbonyl (C=O) groups excluding carboxylic acids is 3. The van der Waals surface area contributed by atoms with E-state index in [1.165, 1.54) is 47.0 Å². The normalized spacial score (nSPS) is 23.1. The molecule has 1 aromatic carbocycles. The molecule has 4 fully saturated rings. The largest absolute Gasteiger partial charge is 0.381 e. The molecule has 13 heteroatoms. The highest BCUT2D eigenvalue weighted by atomic mass is 16.5. The highest BCUT2D eigenvalue weighted by Crippen LogP contribution is 2.35. The summed E-state index contributed by atoms with van der Waals surface area (Å²) >= 11 is 0. The number of ether oxygens (including phenoxy) is 1. The first-order valence-electron chi connectivity index (χ1n) is 20.8. The van der Waals surface area contributed by atoms with Gasteiger partial charge in [0.05, 0.1) is 22.2 Å². The van der Waals surface area contributed by atoms with E-state index in [-0.39, 0.29) is 23.9 Å². The summed E-state index contributed by atoms with van der Waals surface area (Å²) in [5.74, 6) is 0.753. The second-order valence-electron chi connectivity index (χ2n) is 16.4. The fourth-order valence-corrected chi connectivity index (χ4v) is 9.77. The maximum absolute atomic E-state index is 13.1. The third kappa shape index (κ3) is 8.14. The molecule has 3 saturated heterocycles. The first-order valence-corrected chi connectivity index (χ1v) is 20.8. The quantitative estimate of drug-likeness (QED) is 0.163. The lowest BCUT2D eigenvalue weighted by Gasteiger charge is -2.42. The highest BCUT2D eigenvalue weighted by Gasteiger charge is 2.32. The minimum atomic E-state index is -0.674. The predicted octanol–water partition coefficient (Wildman–Crippen LogP) is 4.69. The molecular weight excluding hydrogens is 697 g/mol. The zero-order chi connectivity index (χ0) is 37.9. The number of nitrogens with zero attached hydrogens (tertiary/aromatic N) is 7. The topological polar surface area (TPSA) is 136 Å². The van der Waals surface area contributed by atoms with E-state index in [9.17, 15) is 19.2 Å². The Labute approximate surface area is 322 Å². The number of hydrogen-bond acceptors (Lipinski definition) is 8. The summed E-state index contributed by atoms with van der Waals surface area (Å²) in [6.07, 6.45) is 17.9. The van der Waals surface area contributed by atoms with Gasteiger partial charge in [0.25, 0.3) is 0 Å². The molecule has 3 aromatic heterocycles. The number of imide groups is 1. The SMILES string of the molecule is Cn1c(=O)n(C2CCC(=O)NC2=O)c2ccc(CCCCCCC(=O)N3CCN(C4CCC(Cc5ncnn6ccc(C7CCOCC7)c56)CC4)CC3)cc21. The first kappa shape index (κ1) is 37.6. The number of piperidine rings is 1. The van der Waals surface area contributed by atoms with Crippen LogP contribution in [0.5, 0.6) is 0 Å². The molecule has 1 atom stereocenters. The summed E-state index contributed by atoms with van der Waals surface area (Å²) in [5, 5.41) is 6.89. The van der Waals surface area contributed by atoms with Crippen LogP contribution in [0.3, 0.4) is 0 Å². The lowest BCUT2D eigenvalue weighted by molar-refractivity contribution is -0.136. The van der Waals surface area contributed by atoms with E-state index in [2.05, 4.69) is 32.5 Å². The number of imidazole rings is 1. The third-order valence-electron chi connectivity index (χ3n) is 13.0. The number of carbonyl (C=O) groups is 3. The fourth-order valence-electron chi connectivity index (χ4n) is 9.77. The zero-order valence-corrected chi connectivity index (χ0v) is 32.3. The summed E-state index contributed by atoms with van der Waals surface area (Å²) in [4.78, 5) is 59.8. The Bertz CT molecular complexity index is 2060. The molecule has 13 nitrogen and oxygen atoms in total. The monoisotopic (exact) mass is 752 g/mol. The van der Waals surface area contributed by atoms with E-state index in [1.54, 1.807) is 17.9 Å². The highest BCUT2D eigenvalue weighted by molar-refractivity contribution is 6.00. The number of amides is 3. The molecule has 294 valence electrons. The number of unbranched alkanes of at least 4 members (excludes halogenated alkanes) is 3. The van der Waals surface area contributed by atoms with Crippen molar-refractivity contribution in [2.24, 2.45) is 13.0 Å². The Hall–Kier alpha value is -4.36. The van der Waals surface area contributed by atoms with Gasteiger partial charge in [-0.05, 0) is 112 Å². The molecule has 3 aliphatic heterocycles. The van der Waals surface area contributed by atoms with Gasteiger partial charge in [-0.15, -0.1) is 0 Å². The van der Waals surface area contributed by atoms with E-state index in [4.69, 9.17) is 9.72 Å². The molecule has 1 aliphatic carbocycles. The molecule has 0 radical (unpaired) electrons. The summed E-state index contributed by atoms with van der Waals surface area (Å²) < 4.78 is 10.8. The number of nitrogens with one attached hydrogen (secondary N) is 1. The van der Waals surface area contributed by atoms with Gasteiger partial charge in [-0.25, -0.2) is 14.3 Å². The number of hydrogen-bond donors (Lipinski definition) is 1. The van der Waals surface area contributed by atoms with Gasteiger partial charge in [-0.3, -0.25) is 33.7 Å². The van der Waals surface area contributed by atoms with Gasteiger partial charge in [0.15, 0.2) is 0 Å². The molecule has 1 unspecified atom stereocenters. The number of fused-ring (bicyclic) bond motifs is 2. The second kappa shape index (κ2) is 16.8. The van der Waals surface area contributed by atoms with E-state index in [1.807, 2.05) is 22.7 Å². The first-order chi connectivity index (χ1) is 26.8. The number of benzene rings is 1. The summed E-state index contributed by atoms with van der Waals surface area (Å²) in [6, 6.07) is 8.18. The molecule has 55 heavy (non-hydrogen) atoms. The van der Waals surface area contributed by atoms with Crippen LogP contribution in [0.2, 0.25) is 0 Å². The molecule has 8 rings (SSSR count). The Morgan fingerprint density at radius 3 is 2.45 bits per heavy atom. The lowest BCUT2D eigenvalue weighted by atomic mass is 9.82. The van der Waals surface area contributed by atoms with Crippen LogP contribution in [0, 0.1) is 5.92 Å². The molecule has 4 aliphatic rings. The third-order valence-corrected chi connectivity index (χ3v) is 13.0. The van der Waals surface area contributed by atoms with Gasteiger partial charge in [0.2, 0.25) is 17.7 Å². The Balaban J connectivity index is 0.735. The second-order valence-corrected chi connectivity index (χ2v) is 16.4. The molecule has 6 heterocycles. The van der Waals surface area contributed by atoms with Crippen molar-refractivity contribution in [3.05, 3.63) is 64.1 Å². The van der Waals surface area contributed by atoms with Crippen LogP contribution in [-0.4, -0.2) is 96.7 Å². The van der Waals surface area contributed by atoms with Crippen molar-refractivity contribution in [3.63, 3.8) is 0 Å². The summed E-state index contributed by atoms with van der Waals surface area (Å²) in [5.41, 5.74) is 6.23. The van der Waals surface area contributed by atoms with E-state index in [0.29, 0.717) is 36.2 Å². The van der Waals surface area contributed by atoms with Gasteiger partial charge in [-0.2, -0.15) is 5.10 Å². The van der Waals surface area contributed by atoms with Gasteiger partial charge in [-0.1, -0.05) is 18.9 Å². The van der Waals surface area contributed by atoms with Gasteiger partial charge < -0.3 is 9.64 Å². The predicted molar refractivity (Wildman–Crippen MR) is 209 cm³/mol. The molecule has 4 aromatic rings. The minimum absolute atomic E-state index is 0.227. The summed E-state index contributed by atoms with van der Waals surface area (Å²) in [6.45, 7) is 5.27. The van der Waals surface area contributed by atoms with Crippen LogP contribution in [0.15, 0.2) is 41.6 Å². The molecule has 3 amide bonds. The van der Waals surface area contributed by atoms with Crippen LogP contribution in [-0.2, 0) is 39.0 Å². The lowest BCUT2D eigenvalue weighted by Crippen LogP contribution is -2.52. The smallest absolute Gasteiger partial charge is 0.329 e. The van der Waals surface area contributed by atoms with E-state index < -0.39 is 11.9 Å². The fraction of sp³-hybridized carbons (Fsp3) is 0.619. The van der Waals surface area contributed by atoms with Crippen molar-refractivity contribution in [3.8, 4) is 0 Å². The molecular formula is C42H56N8O5. The minimum Gasteiger partial charge on any atom is -0.381 e. The maximum atomic E-state index is 13.1. The molecule has 0 spiro atoms. The number of rotatable bonds is 12. The van der Waals surface area contributed by atoms with Crippen LogP contribution in [0.4, 0.5) is 0 Å². The van der Waals surface area contributed by atoms with Crippen LogP contribution in [0.1, 0.15) is 112 Å². The zero-order valence-electron chi connectivity index (χ0n) is 32.3. The van der Waals surface area contributed by atoms with Gasteiger partial charge in [0, 0.05) is 71.5 Å². The van der Waals surface area contributed by atoms with Crippen molar-refractivity contribution < 1.29 is 19.1 Å². The van der Waals surface area contributed by atoms with Crippen molar-refractivity contribution in [2.45, 2.75) is 114 Å². The average molecular weight is 753 g/mol. The van der Waals surface area contributed by atoms with E-state index >= 15 is 0 Å². The summed E-state index contributed by atoms with van der Waals surface area (Å²) in [7, 11) is 1.73. The number of piperazine rings is 1. The van der Waals surface area contributed by atoms with Crippen molar-refractivity contribution in [2.75, 3.05) is 39.4 Å².